The van der Waals surface area contributed by atoms with E-state index in [1.165, 1.54) is 0 Å². The molecule has 0 aliphatic carbocycles. The number of nitrogens with one attached hydrogen (secondary N) is 2. The quantitative estimate of drug-likeness (QED) is 0.818. The number of rotatable bonds is 5. The Labute approximate surface area is 126 Å². The lowest BCUT2D eigenvalue weighted by Crippen LogP contribution is -2.09. The number of benzene rings is 1. The van der Waals surface area contributed by atoms with Gasteiger partial charge in [0.2, 0.25) is 5.91 Å². The van der Waals surface area contributed by atoms with Crippen LogP contribution in [0.5, 0.6) is 0 Å². The van der Waals surface area contributed by atoms with Crippen molar-refractivity contribution in [1.82, 2.24) is 4.98 Å². The zero-order valence-corrected chi connectivity index (χ0v) is 12.8. The van der Waals surface area contributed by atoms with Crippen molar-refractivity contribution < 1.29 is 4.79 Å². The summed E-state index contributed by atoms with van der Waals surface area (Å²) < 4.78 is 0.828. The van der Waals surface area contributed by atoms with E-state index >= 15 is 0 Å². The predicted molar refractivity (Wildman–Crippen MR) is 84.6 cm³/mol. The summed E-state index contributed by atoms with van der Waals surface area (Å²) in [5.41, 5.74) is 2.76. The van der Waals surface area contributed by atoms with Gasteiger partial charge in [-0.3, -0.25) is 4.79 Å². The van der Waals surface area contributed by atoms with E-state index in [4.69, 9.17) is 0 Å². The van der Waals surface area contributed by atoms with Crippen LogP contribution in [-0.4, -0.2) is 10.9 Å². The summed E-state index contributed by atoms with van der Waals surface area (Å²) in [4.78, 5) is 15.6. The van der Waals surface area contributed by atoms with Gasteiger partial charge < -0.3 is 10.6 Å². The molecule has 104 valence electrons. The van der Waals surface area contributed by atoms with Crippen LogP contribution in [0.25, 0.3) is 0 Å². The first-order chi connectivity index (χ1) is 9.67. The molecule has 0 radical (unpaired) electrons. The first-order valence-electron chi connectivity index (χ1n) is 6.42. The fourth-order valence-electron chi connectivity index (χ4n) is 1.66. The fraction of sp³-hybridized carbons (Fsp3) is 0.200. The van der Waals surface area contributed by atoms with E-state index in [1.807, 2.05) is 49.4 Å². The lowest BCUT2D eigenvalue weighted by atomic mass is 10.2. The van der Waals surface area contributed by atoms with Gasteiger partial charge in [-0.05, 0) is 52.3 Å². The molecule has 1 amide bonds. The molecule has 0 unspecified atom stereocenters. The van der Waals surface area contributed by atoms with E-state index in [-0.39, 0.29) is 5.91 Å². The SMILES string of the molecule is CCC(=O)Nc1ccc(NCc2cccc(Br)n2)cc1. The van der Waals surface area contributed by atoms with Gasteiger partial charge in [0.05, 0.1) is 12.2 Å². The van der Waals surface area contributed by atoms with Crippen molar-refractivity contribution >= 4 is 33.2 Å². The summed E-state index contributed by atoms with van der Waals surface area (Å²) in [5, 5.41) is 6.10. The molecule has 1 aromatic heterocycles. The van der Waals surface area contributed by atoms with Gasteiger partial charge in [-0.2, -0.15) is 0 Å². The summed E-state index contributed by atoms with van der Waals surface area (Å²) in [6, 6.07) is 13.4. The van der Waals surface area contributed by atoms with Crippen LogP contribution < -0.4 is 10.6 Å². The van der Waals surface area contributed by atoms with Crippen LogP contribution in [0.2, 0.25) is 0 Å². The second kappa shape index (κ2) is 7.05. The number of aromatic nitrogens is 1. The Morgan fingerprint density at radius 1 is 1.15 bits per heavy atom. The van der Waals surface area contributed by atoms with Crippen LogP contribution in [0.1, 0.15) is 19.0 Å². The maximum absolute atomic E-state index is 11.3. The maximum Gasteiger partial charge on any atom is 0.224 e. The smallest absolute Gasteiger partial charge is 0.224 e. The molecule has 5 heteroatoms. The monoisotopic (exact) mass is 333 g/mol. The molecule has 0 saturated heterocycles. The highest BCUT2D eigenvalue weighted by atomic mass is 79.9. The topological polar surface area (TPSA) is 54.0 Å². The molecule has 1 aromatic carbocycles. The summed E-state index contributed by atoms with van der Waals surface area (Å²) in [6.07, 6.45) is 0.481. The minimum atomic E-state index is 0.0176. The Hall–Kier alpha value is -1.88. The minimum absolute atomic E-state index is 0.0176. The van der Waals surface area contributed by atoms with Crippen molar-refractivity contribution in [2.75, 3.05) is 10.6 Å². The number of pyridine rings is 1. The Balaban J connectivity index is 1.92. The van der Waals surface area contributed by atoms with Crippen LogP contribution >= 0.6 is 15.9 Å². The third-order valence-corrected chi connectivity index (χ3v) is 3.18. The van der Waals surface area contributed by atoms with Gasteiger partial charge in [-0.25, -0.2) is 4.98 Å². The third-order valence-electron chi connectivity index (χ3n) is 2.74. The zero-order valence-electron chi connectivity index (χ0n) is 11.2. The molecule has 0 aliphatic heterocycles. The Morgan fingerprint density at radius 2 is 1.85 bits per heavy atom. The average molecular weight is 334 g/mol. The van der Waals surface area contributed by atoms with Crippen LogP contribution in [-0.2, 0) is 11.3 Å². The van der Waals surface area contributed by atoms with E-state index in [1.54, 1.807) is 0 Å². The van der Waals surface area contributed by atoms with Gasteiger partial charge in [0.1, 0.15) is 4.60 Å². The van der Waals surface area contributed by atoms with Gasteiger partial charge in [0.15, 0.2) is 0 Å². The number of carbonyl (C=O) groups excluding carboxylic acids is 1. The highest BCUT2D eigenvalue weighted by molar-refractivity contribution is 9.10. The van der Waals surface area contributed by atoms with Gasteiger partial charge >= 0.3 is 0 Å². The largest absolute Gasteiger partial charge is 0.379 e. The Kier molecular flexibility index (Phi) is 5.12. The Bertz CT molecular complexity index is 584. The molecule has 0 fully saturated rings. The normalized spacial score (nSPS) is 10.1. The number of nitrogens with zero attached hydrogens (tertiary/aromatic N) is 1. The molecule has 0 spiro atoms. The predicted octanol–water partition coefficient (Wildman–Crippen LogP) is 3.80. The van der Waals surface area contributed by atoms with E-state index in [0.717, 1.165) is 21.7 Å². The average Bonchev–Trinajstić information content (AvgIpc) is 2.46. The molecule has 2 N–H and O–H groups in total. The van der Waals surface area contributed by atoms with Crippen molar-refractivity contribution in [2.24, 2.45) is 0 Å². The summed E-state index contributed by atoms with van der Waals surface area (Å²) >= 11 is 3.35. The fourth-order valence-corrected chi connectivity index (χ4v) is 2.04. The zero-order chi connectivity index (χ0) is 14.4. The Morgan fingerprint density at radius 3 is 2.50 bits per heavy atom. The molecular formula is C15H16BrN3O. The highest BCUT2D eigenvalue weighted by Crippen LogP contribution is 2.15. The van der Waals surface area contributed by atoms with E-state index in [2.05, 4.69) is 31.5 Å². The molecule has 20 heavy (non-hydrogen) atoms. The number of halogens is 1. The molecule has 1 heterocycles. The second-order valence-electron chi connectivity index (χ2n) is 4.28. The lowest BCUT2D eigenvalue weighted by Gasteiger charge is -2.08. The van der Waals surface area contributed by atoms with Crippen molar-refractivity contribution in [3.63, 3.8) is 0 Å². The number of amides is 1. The number of carbonyl (C=O) groups is 1. The number of hydrogen-bond donors (Lipinski definition) is 2. The molecule has 0 saturated carbocycles. The summed E-state index contributed by atoms with van der Waals surface area (Å²) in [6.45, 7) is 2.48. The number of hydrogen-bond acceptors (Lipinski definition) is 3. The molecule has 0 atom stereocenters. The molecular weight excluding hydrogens is 318 g/mol. The van der Waals surface area contributed by atoms with E-state index in [9.17, 15) is 4.79 Å². The molecule has 2 aromatic rings. The molecule has 4 nitrogen and oxygen atoms in total. The van der Waals surface area contributed by atoms with Crippen molar-refractivity contribution in [3.8, 4) is 0 Å². The minimum Gasteiger partial charge on any atom is -0.379 e. The third kappa shape index (κ3) is 4.35. The van der Waals surface area contributed by atoms with Gasteiger partial charge in [0, 0.05) is 17.8 Å². The highest BCUT2D eigenvalue weighted by Gasteiger charge is 2.00. The van der Waals surface area contributed by atoms with Crippen LogP contribution in [0.4, 0.5) is 11.4 Å². The number of anilines is 2. The van der Waals surface area contributed by atoms with Crippen LogP contribution in [0.15, 0.2) is 47.1 Å². The van der Waals surface area contributed by atoms with Gasteiger partial charge in [0.25, 0.3) is 0 Å². The first kappa shape index (κ1) is 14.5. The standard InChI is InChI=1S/C15H16BrN3O/c1-2-15(20)19-12-8-6-11(7-9-12)17-10-13-4-3-5-14(16)18-13/h3-9,17H,2,10H2,1H3,(H,19,20). The van der Waals surface area contributed by atoms with Crippen LogP contribution in [0.3, 0.4) is 0 Å². The van der Waals surface area contributed by atoms with Crippen molar-refractivity contribution in [2.45, 2.75) is 19.9 Å². The van der Waals surface area contributed by atoms with Gasteiger partial charge in [-0.15, -0.1) is 0 Å². The first-order valence-corrected chi connectivity index (χ1v) is 7.22. The molecule has 0 bridgehead atoms. The second-order valence-corrected chi connectivity index (χ2v) is 5.10. The van der Waals surface area contributed by atoms with Crippen LogP contribution in [0, 0.1) is 0 Å². The molecule has 2 rings (SSSR count). The summed E-state index contributed by atoms with van der Waals surface area (Å²) in [5.74, 6) is 0.0176. The maximum atomic E-state index is 11.3. The van der Waals surface area contributed by atoms with Gasteiger partial charge in [-0.1, -0.05) is 13.0 Å². The van der Waals surface area contributed by atoms with E-state index < -0.39 is 0 Å². The van der Waals surface area contributed by atoms with Crippen molar-refractivity contribution in [1.29, 1.82) is 0 Å². The lowest BCUT2D eigenvalue weighted by molar-refractivity contribution is -0.115. The molecule has 0 aliphatic rings. The van der Waals surface area contributed by atoms with E-state index in [0.29, 0.717) is 13.0 Å². The summed E-state index contributed by atoms with van der Waals surface area (Å²) in [7, 11) is 0. The van der Waals surface area contributed by atoms with Crippen molar-refractivity contribution in [3.05, 3.63) is 52.8 Å².